The third-order valence-corrected chi connectivity index (χ3v) is 4.22. The van der Waals surface area contributed by atoms with Gasteiger partial charge in [-0.3, -0.25) is 0 Å². The Bertz CT molecular complexity index is 441. The molecule has 11 heteroatoms. The second kappa shape index (κ2) is 10.4. The van der Waals surface area contributed by atoms with Crippen LogP contribution in [-0.4, -0.2) is 43.6 Å². The van der Waals surface area contributed by atoms with Gasteiger partial charge in [0, 0.05) is 0 Å². The lowest BCUT2D eigenvalue weighted by Gasteiger charge is -2.31. The first-order chi connectivity index (χ1) is 12.5. The first kappa shape index (κ1) is 23.8. The molecule has 1 aliphatic rings. The summed E-state index contributed by atoms with van der Waals surface area (Å²) in [7, 11) is 0. The molecule has 0 bridgehead atoms. The number of halogens is 6. The summed E-state index contributed by atoms with van der Waals surface area (Å²) in [5, 5.41) is 0. The van der Waals surface area contributed by atoms with Crippen molar-refractivity contribution >= 4 is 6.09 Å². The van der Waals surface area contributed by atoms with Gasteiger partial charge in [-0.05, 0) is 12.8 Å². The summed E-state index contributed by atoms with van der Waals surface area (Å²) in [6.07, 6.45) is -6.90. The summed E-state index contributed by atoms with van der Waals surface area (Å²) in [4.78, 5) is 10.3. The number of carbonyl (C=O) groups is 1. The maximum Gasteiger partial charge on any atom is 0.453 e. The van der Waals surface area contributed by atoms with Gasteiger partial charge in [-0.2, -0.15) is 26.3 Å². The van der Waals surface area contributed by atoms with E-state index in [1.807, 2.05) is 0 Å². The smallest absolute Gasteiger partial charge is 0.450 e. The van der Waals surface area contributed by atoms with E-state index >= 15 is 0 Å². The third kappa shape index (κ3) is 7.36. The molecule has 0 aliphatic carbocycles. The van der Waals surface area contributed by atoms with E-state index in [0.717, 1.165) is 38.5 Å². The Morgan fingerprint density at radius 2 is 1.41 bits per heavy atom. The molecule has 0 aromatic rings. The molecule has 0 aromatic heterocycles. The van der Waals surface area contributed by atoms with E-state index < -0.39 is 36.9 Å². The second-order valence-electron chi connectivity index (χ2n) is 6.45. The van der Waals surface area contributed by atoms with Gasteiger partial charge in [0.1, 0.15) is 0 Å². The maximum absolute atomic E-state index is 12.8. The average molecular weight is 409 g/mol. The molecule has 1 atom stereocenters. The molecule has 1 fully saturated rings. The molecule has 0 aromatic carbocycles. The van der Waals surface area contributed by atoms with E-state index in [2.05, 4.69) is 14.2 Å². The van der Waals surface area contributed by atoms with Crippen LogP contribution in [-0.2, 0) is 14.2 Å². The second-order valence-corrected chi connectivity index (χ2v) is 6.45. The van der Waals surface area contributed by atoms with E-state index in [1.165, 1.54) is 0 Å². The Kier molecular flexibility index (Phi) is 9.13. The Balaban J connectivity index is 2.12. The number of ether oxygens (including phenoxy) is 3. The number of unbranched alkanes of at least 4 members (excludes halogenated alkanes) is 7. The van der Waals surface area contributed by atoms with Crippen LogP contribution >= 0.6 is 0 Å². The number of amides is 1. The van der Waals surface area contributed by atoms with Crippen LogP contribution in [0.3, 0.4) is 0 Å². The SMILES string of the molecule is NC(=O)OCCCCCCCCCCC1COC(C(F)(F)F)(C(F)(F)F)O1. The number of nitrogens with two attached hydrogens (primary N) is 1. The topological polar surface area (TPSA) is 70.8 Å². The lowest BCUT2D eigenvalue weighted by Crippen LogP contribution is -2.58. The molecule has 0 radical (unpaired) electrons. The molecule has 5 nitrogen and oxygen atoms in total. The molecule has 0 saturated carbocycles. The number of rotatable bonds is 11. The van der Waals surface area contributed by atoms with Crippen LogP contribution in [0.4, 0.5) is 31.1 Å². The van der Waals surface area contributed by atoms with Crippen molar-refractivity contribution in [3.63, 3.8) is 0 Å². The van der Waals surface area contributed by atoms with E-state index in [-0.39, 0.29) is 13.0 Å². The Labute approximate surface area is 153 Å². The molecule has 1 saturated heterocycles. The molecule has 27 heavy (non-hydrogen) atoms. The number of primary amides is 1. The van der Waals surface area contributed by atoms with Gasteiger partial charge in [0.25, 0.3) is 0 Å². The van der Waals surface area contributed by atoms with Crippen LogP contribution in [0.1, 0.15) is 57.8 Å². The summed E-state index contributed by atoms with van der Waals surface area (Å²) >= 11 is 0. The van der Waals surface area contributed by atoms with Gasteiger partial charge < -0.3 is 19.9 Å². The molecule has 1 aliphatic heterocycles. The predicted molar refractivity (Wildman–Crippen MR) is 82.8 cm³/mol. The van der Waals surface area contributed by atoms with Gasteiger partial charge in [-0.25, -0.2) is 4.79 Å². The fraction of sp³-hybridized carbons (Fsp3) is 0.938. The van der Waals surface area contributed by atoms with Crippen molar-refractivity contribution in [2.75, 3.05) is 13.2 Å². The minimum atomic E-state index is -5.68. The minimum absolute atomic E-state index is 0.0817. The summed E-state index contributed by atoms with van der Waals surface area (Å²) < 4.78 is 89.4. The van der Waals surface area contributed by atoms with Crippen molar-refractivity contribution in [1.29, 1.82) is 0 Å². The molecule has 1 unspecified atom stereocenters. The van der Waals surface area contributed by atoms with Gasteiger partial charge in [0.2, 0.25) is 0 Å². The maximum atomic E-state index is 12.8. The summed E-state index contributed by atoms with van der Waals surface area (Å²) in [6.45, 7) is -0.442. The standard InChI is InChI=1S/C16H25F6NO4/c17-15(18,19)14(16(20,21)22)26-11-12(27-14)9-7-5-3-1-2-4-6-8-10-25-13(23)24/h12H,1-11H2,(H2,23,24). The molecule has 1 amide bonds. The van der Waals surface area contributed by atoms with Crippen LogP contribution in [0.5, 0.6) is 0 Å². The van der Waals surface area contributed by atoms with Crippen molar-refractivity contribution in [2.45, 2.75) is 82.0 Å². The number of hydrogen-bond donors (Lipinski definition) is 1. The minimum Gasteiger partial charge on any atom is -0.450 e. The van der Waals surface area contributed by atoms with Crippen LogP contribution in [0.2, 0.25) is 0 Å². The van der Waals surface area contributed by atoms with Crippen molar-refractivity contribution in [3.05, 3.63) is 0 Å². The highest BCUT2D eigenvalue weighted by atomic mass is 19.4. The molecular weight excluding hydrogens is 384 g/mol. The quantitative estimate of drug-likeness (QED) is 0.392. The van der Waals surface area contributed by atoms with Gasteiger partial charge in [0.15, 0.2) is 0 Å². The zero-order valence-corrected chi connectivity index (χ0v) is 14.8. The fourth-order valence-corrected chi connectivity index (χ4v) is 2.82. The van der Waals surface area contributed by atoms with Crippen molar-refractivity contribution in [1.82, 2.24) is 0 Å². The zero-order chi connectivity index (χ0) is 20.6. The van der Waals surface area contributed by atoms with E-state index in [0.29, 0.717) is 12.8 Å². The molecule has 1 heterocycles. The Morgan fingerprint density at radius 1 is 0.926 bits per heavy atom. The Hall–Kier alpha value is -1.23. The predicted octanol–water partition coefficient (Wildman–Crippen LogP) is 4.83. The average Bonchev–Trinajstić information content (AvgIpc) is 2.97. The van der Waals surface area contributed by atoms with Gasteiger partial charge >= 0.3 is 24.2 Å². The highest BCUT2D eigenvalue weighted by molar-refractivity contribution is 5.64. The number of hydrogen-bond acceptors (Lipinski definition) is 4. The van der Waals surface area contributed by atoms with Gasteiger partial charge in [0.05, 0.1) is 19.3 Å². The molecule has 0 spiro atoms. The first-order valence-electron chi connectivity index (χ1n) is 8.87. The van der Waals surface area contributed by atoms with Crippen molar-refractivity contribution in [2.24, 2.45) is 5.73 Å². The highest BCUT2D eigenvalue weighted by Crippen LogP contribution is 2.50. The van der Waals surface area contributed by atoms with E-state index in [1.54, 1.807) is 0 Å². The fourth-order valence-electron chi connectivity index (χ4n) is 2.82. The number of carbonyl (C=O) groups excluding carboxylic acids is 1. The Morgan fingerprint density at radius 3 is 1.85 bits per heavy atom. The summed E-state index contributed by atoms with van der Waals surface area (Å²) in [6, 6.07) is 0. The van der Waals surface area contributed by atoms with Crippen LogP contribution < -0.4 is 5.73 Å². The van der Waals surface area contributed by atoms with Crippen LogP contribution in [0, 0.1) is 0 Å². The third-order valence-electron chi connectivity index (χ3n) is 4.22. The van der Waals surface area contributed by atoms with Gasteiger partial charge in [-0.1, -0.05) is 44.9 Å². The molecule has 1 rings (SSSR count). The molecular formula is C16H25F6NO4. The zero-order valence-electron chi connectivity index (χ0n) is 14.8. The summed E-state index contributed by atoms with van der Waals surface area (Å²) in [5.41, 5.74) is 4.81. The highest BCUT2D eigenvalue weighted by Gasteiger charge is 2.77. The van der Waals surface area contributed by atoms with Crippen molar-refractivity contribution in [3.8, 4) is 0 Å². The monoisotopic (exact) mass is 409 g/mol. The largest absolute Gasteiger partial charge is 0.453 e. The number of alkyl halides is 6. The lowest BCUT2D eigenvalue weighted by molar-refractivity contribution is -0.443. The first-order valence-corrected chi connectivity index (χ1v) is 8.87. The summed E-state index contributed by atoms with van der Waals surface area (Å²) in [5.74, 6) is -4.51. The van der Waals surface area contributed by atoms with Crippen LogP contribution in [0.15, 0.2) is 0 Å². The van der Waals surface area contributed by atoms with E-state index in [4.69, 9.17) is 5.73 Å². The van der Waals surface area contributed by atoms with Crippen molar-refractivity contribution < 1.29 is 45.3 Å². The van der Waals surface area contributed by atoms with E-state index in [9.17, 15) is 31.1 Å². The lowest BCUT2D eigenvalue weighted by atomic mass is 10.1. The van der Waals surface area contributed by atoms with Crippen LogP contribution in [0.25, 0.3) is 0 Å². The van der Waals surface area contributed by atoms with Gasteiger partial charge in [-0.15, -0.1) is 0 Å². The normalized spacial score (nSPS) is 20.0. The molecule has 2 N–H and O–H groups in total. The molecule has 160 valence electrons.